The van der Waals surface area contributed by atoms with Crippen molar-refractivity contribution in [2.75, 3.05) is 0 Å². The van der Waals surface area contributed by atoms with E-state index in [2.05, 4.69) is 0 Å². The van der Waals surface area contributed by atoms with E-state index in [0.29, 0.717) is 0 Å². The van der Waals surface area contributed by atoms with Crippen LogP contribution in [0.25, 0.3) is 0 Å². The van der Waals surface area contributed by atoms with Gasteiger partial charge in [0.05, 0.1) is 0 Å². The van der Waals surface area contributed by atoms with Gasteiger partial charge in [-0.1, -0.05) is 0 Å². The third-order valence-corrected chi connectivity index (χ3v) is 0. The number of rotatable bonds is 0. The molecule has 10 heavy (non-hydrogen) atoms. The molecule has 6 nitrogen and oxygen atoms in total. The molecule has 0 fully saturated rings. The van der Waals surface area contributed by atoms with Crippen LogP contribution in [0, 0.1) is 0 Å². The predicted octanol–water partition coefficient (Wildman–Crippen LogP) is -7.90. The van der Waals surface area contributed by atoms with Gasteiger partial charge in [-0.05, 0) is 0 Å². The molecule has 0 saturated heterocycles. The van der Waals surface area contributed by atoms with Crippen molar-refractivity contribution >= 4 is 14.6 Å². The molecule has 0 aliphatic heterocycles. The van der Waals surface area contributed by atoms with Crippen LogP contribution in [0.1, 0.15) is 0 Å². The molecule has 0 amide bonds. The average molecular weight is 414 g/mol. The molecule has 0 bridgehead atoms. The van der Waals surface area contributed by atoms with Crippen LogP contribution in [0.5, 0.6) is 0 Å². The Hall–Kier alpha value is 1.50. The molecule has 0 aromatic rings. The fourth-order valence-electron chi connectivity index (χ4n) is 0. The minimum absolute atomic E-state index is 0. The van der Waals surface area contributed by atoms with Gasteiger partial charge in [0.25, 0.3) is 0 Å². The molecule has 0 aliphatic carbocycles. The van der Waals surface area contributed by atoms with E-state index in [-0.39, 0.29) is 48.4 Å². The summed E-state index contributed by atoms with van der Waals surface area (Å²) in [5, 5.41) is 50.5. The summed E-state index contributed by atoms with van der Waals surface area (Å²) in [7, 11) is -5.83. The first-order valence-electron chi connectivity index (χ1n) is 1.41. The topological polar surface area (TPSA) is 138 Å². The van der Waals surface area contributed by atoms with E-state index in [0.717, 1.165) is 0 Å². The van der Waals surface area contributed by atoms with E-state index < -0.39 is 14.6 Å². The molecule has 0 unspecified atom stereocenters. The third kappa shape index (κ3) is 305. The van der Waals surface area contributed by atoms with Crippen molar-refractivity contribution in [1.29, 1.82) is 0 Å². The fourth-order valence-corrected chi connectivity index (χ4v) is 0. The van der Waals surface area contributed by atoms with Crippen LogP contribution in [0.2, 0.25) is 0 Å². The quantitative estimate of drug-likeness (QED) is 0.361. The van der Waals surface area contributed by atoms with Crippen molar-refractivity contribution in [1.82, 2.24) is 0 Å². The Kier molecular flexibility index (Phi) is 38.0. The van der Waals surface area contributed by atoms with Crippen LogP contribution in [-0.4, -0.2) is 14.6 Å². The van der Waals surface area contributed by atoms with E-state index in [9.17, 15) is 0 Å². The van der Waals surface area contributed by atoms with Gasteiger partial charge in [-0.15, -0.1) is 0 Å². The molecule has 0 radical (unpaired) electrons. The van der Waals surface area contributed by atoms with Crippen LogP contribution in [0.3, 0.4) is 0 Å². The third-order valence-electron chi connectivity index (χ3n) is 0. The van der Waals surface area contributed by atoms with Crippen LogP contribution >= 0.6 is 0 Å². The zero-order valence-corrected chi connectivity index (χ0v) is 11.7. The normalized spacial score (nSPS) is 5.40. The first kappa shape index (κ1) is 22.5. The van der Waals surface area contributed by atoms with Gasteiger partial charge in [-0.2, -0.15) is 0 Å². The zero-order chi connectivity index (χ0) is 7.15. The van der Waals surface area contributed by atoms with E-state index in [1.54, 1.807) is 0 Å². The molecule has 50 valence electrons. The zero-order valence-electron chi connectivity index (χ0n) is 4.72. The maximum Gasteiger partial charge on any atom is 4.00 e. The van der Waals surface area contributed by atoms with Gasteiger partial charge < -0.3 is 30.1 Å². The van der Waals surface area contributed by atoms with Crippen molar-refractivity contribution in [3.63, 3.8) is 0 Å². The molecule has 0 N–H and O–H groups in total. The largest absolute Gasteiger partial charge is 4.00 e. The Morgan fingerprint density at radius 3 is 0.600 bits per heavy atom. The van der Waals surface area contributed by atoms with Gasteiger partial charge in [0.1, 0.15) is 0 Å². The molecule has 0 aliphatic rings. The minimum atomic E-state index is -2.92. The Bertz CT molecular complexity index is 31.2. The van der Waals surface area contributed by atoms with Gasteiger partial charge in [0, 0.05) is 0 Å². The molecule has 0 heterocycles. The fraction of sp³-hybridized carbons (Fsp3) is 0. The van der Waals surface area contributed by atoms with Crippen molar-refractivity contribution in [3.05, 3.63) is 0 Å². The summed E-state index contributed by atoms with van der Waals surface area (Å²) in [6.45, 7) is 0. The van der Waals surface area contributed by atoms with Gasteiger partial charge >= 0.3 is 48.4 Å². The van der Waals surface area contributed by atoms with Crippen molar-refractivity contribution in [2.24, 2.45) is 0 Å². The smallest absolute Gasteiger partial charge is 0.907 e. The molecule has 0 aromatic heterocycles. The van der Waals surface area contributed by atoms with E-state index >= 15 is 0 Å². The maximum atomic E-state index is 8.42. The molecule has 0 rings (SSSR count). The van der Waals surface area contributed by atoms with Gasteiger partial charge in [-0.25, -0.2) is 0 Å². The minimum Gasteiger partial charge on any atom is -0.907 e. The summed E-state index contributed by atoms with van der Waals surface area (Å²) < 4.78 is 0. The second kappa shape index (κ2) is 16.8. The number of hydrogen-bond acceptors (Lipinski definition) is 6. The van der Waals surface area contributed by atoms with Crippen LogP contribution in [0.15, 0.2) is 0 Å². The summed E-state index contributed by atoms with van der Waals surface area (Å²) in [5.74, 6) is 0. The van der Waals surface area contributed by atoms with Crippen molar-refractivity contribution < 1.29 is 78.5 Å². The van der Waals surface area contributed by atoms with Crippen molar-refractivity contribution in [3.8, 4) is 0 Å². The molecule has 0 saturated carbocycles. The first-order chi connectivity index (χ1) is 3.46. The Labute approximate surface area is 92.7 Å². The summed E-state index contributed by atoms with van der Waals surface area (Å²) in [6.07, 6.45) is 0. The van der Waals surface area contributed by atoms with Crippen molar-refractivity contribution in [2.45, 2.75) is 0 Å². The molecule has 0 atom stereocenters. The van der Waals surface area contributed by atoms with E-state index in [1.165, 1.54) is 0 Å². The standard InChI is InChI=1S/2BO3.Cd.W/c2*2-1(3)4;;/q2*-3;+2;+4. The van der Waals surface area contributed by atoms with E-state index in [4.69, 9.17) is 30.1 Å². The predicted molar refractivity (Wildman–Crippen MR) is 11.5 cm³/mol. The van der Waals surface area contributed by atoms with E-state index in [1.807, 2.05) is 0 Å². The summed E-state index contributed by atoms with van der Waals surface area (Å²) in [6, 6.07) is 0. The Morgan fingerprint density at radius 2 is 0.600 bits per heavy atom. The molecular formula is B2CdO6W. The molecule has 10 heteroatoms. The summed E-state index contributed by atoms with van der Waals surface area (Å²) >= 11 is 0. The Balaban J connectivity index is -0.0000000300. The van der Waals surface area contributed by atoms with Gasteiger partial charge in [-0.3, -0.25) is 14.6 Å². The average Bonchev–Trinajstić information content (AvgIpc) is 1.25. The second-order valence-electron chi connectivity index (χ2n) is 0.577. The molecule has 0 aromatic carbocycles. The van der Waals surface area contributed by atoms with Gasteiger partial charge in [0.2, 0.25) is 0 Å². The van der Waals surface area contributed by atoms with Crippen LogP contribution < -0.4 is 30.1 Å². The number of hydrogen-bond donors (Lipinski definition) is 0. The first-order valence-corrected chi connectivity index (χ1v) is 1.41. The molecule has 0 spiro atoms. The maximum absolute atomic E-state index is 8.42. The van der Waals surface area contributed by atoms with Crippen LogP contribution in [0.4, 0.5) is 0 Å². The molecular weight excluding hydrogens is 414 g/mol. The summed E-state index contributed by atoms with van der Waals surface area (Å²) in [4.78, 5) is 0. The Morgan fingerprint density at radius 1 is 0.600 bits per heavy atom. The monoisotopic (exact) mass is 416 g/mol. The SMILES string of the molecule is [Cd+2].[O-]B([O-])[O-].[O-]B([O-])[O-].[W+4]. The summed E-state index contributed by atoms with van der Waals surface area (Å²) in [5.41, 5.74) is 0. The second-order valence-corrected chi connectivity index (χ2v) is 0.577. The van der Waals surface area contributed by atoms with Crippen LogP contribution in [-0.2, 0) is 48.4 Å². The van der Waals surface area contributed by atoms with Gasteiger partial charge in [0.15, 0.2) is 0 Å².